The summed E-state index contributed by atoms with van der Waals surface area (Å²) in [6.45, 7) is 9.48. The van der Waals surface area contributed by atoms with Crippen molar-refractivity contribution in [3.63, 3.8) is 0 Å². The second kappa shape index (κ2) is 7.46. The molecule has 0 aromatic heterocycles. The number of hydrogen-bond acceptors (Lipinski definition) is 3. The SMILES string of the molecule is CCC(C)c1ccc(OC(C)C(=O)N2CCNCC2)cc1. The first-order chi connectivity index (χ1) is 10.1. The summed E-state index contributed by atoms with van der Waals surface area (Å²) >= 11 is 0. The molecule has 1 saturated heterocycles. The van der Waals surface area contributed by atoms with Gasteiger partial charge in [-0.3, -0.25) is 4.79 Å². The van der Waals surface area contributed by atoms with Crippen LogP contribution in [0.3, 0.4) is 0 Å². The number of carbonyl (C=O) groups is 1. The lowest BCUT2D eigenvalue weighted by Crippen LogP contribution is -2.50. The number of piperazine rings is 1. The Morgan fingerprint density at radius 2 is 1.86 bits per heavy atom. The lowest BCUT2D eigenvalue weighted by Gasteiger charge is -2.29. The molecule has 1 aromatic rings. The number of nitrogens with zero attached hydrogens (tertiary/aromatic N) is 1. The Labute approximate surface area is 127 Å². The average molecular weight is 290 g/mol. The van der Waals surface area contributed by atoms with Crippen LogP contribution >= 0.6 is 0 Å². The predicted molar refractivity (Wildman–Crippen MR) is 84.7 cm³/mol. The standard InChI is InChI=1S/C17H26N2O2/c1-4-13(2)15-5-7-16(8-6-15)21-14(3)17(20)19-11-9-18-10-12-19/h5-8,13-14,18H,4,9-12H2,1-3H3. The van der Waals surface area contributed by atoms with Gasteiger partial charge in [0.25, 0.3) is 5.91 Å². The van der Waals surface area contributed by atoms with Gasteiger partial charge in [-0.1, -0.05) is 26.0 Å². The molecule has 21 heavy (non-hydrogen) atoms. The first kappa shape index (κ1) is 15.8. The summed E-state index contributed by atoms with van der Waals surface area (Å²) in [6, 6.07) is 8.10. The minimum atomic E-state index is -0.433. The van der Waals surface area contributed by atoms with Crippen LogP contribution in [-0.2, 0) is 4.79 Å². The first-order valence-corrected chi connectivity index (χ1v) is 7.88. The molecule has 116 valence electrons. The van der Waals surface area contributed by atoms with E-state index in [1.54, 1.807) is 0 Å². The van der Waals surface area contributed by atoms with E-state index < -0.39 is 6.10 Å². The molecule has 0 bridgehead atoms. The minimum Gasteiger partial charge on any atom is -0.481 e. The van der Waals surface area contributed by atoms with E-state index in [0.717, 1.165) is 38.3 Å². The third kappa shape index (κ3) is 4.21. The van der Waals surface area contributed by atoms with E-state index in [1.165, 1.54) is 5.56 Å². The molecule has 1 N–H and O–H groups in total. The first-order valence-electron chi connectivity index (χ1n) is 7.88. The van der Waals surface area contributed by atoms with E-state index in [4.69, 9.17) is 4.74 Å². The monoisotopic (exact) mass is 290 g/mol. The van der Waals surface area contributed by atoms with E-state index in [2.05, 4.69) is 31.3 Å². The van der Waals surface area contributed by atoms with Gasteiger partial charge in [0.1, 0.15) is 5.75 Å². The van der Waals surface area contributed by atoms with Gasteiger partial charge in [-0.15, -0.1) is 0 Å². The average Bonchev–Trinajstić information content (AvgIpc) is 2.55. The molecule has 1 aliphatic rings. The van der Waals surface area contributed by atoms with Gasteiger partial charge >= 0.3 is 0 Å². The van der Waals surface area contributed by atoms with Gasteiger partial charge in [0.2, 0.25) is 0 Å². The number of carbonyl (C=O) groups excluding carboxylic acids is 1. The highest BCUT2D eigenvalue weighted by Gasteiger charge is 2.23. The van der Waals surface area contributed by atoms with Crippen LogP contribution in [0.2, 0.25) is 0 Å². The molecule has 4 heteroatoms. The molecule has 2 unspecified atom stereocenters. The zero-order valence-electron chi connectivity index (χ0n) is 13.3. The van der Waals surface area contributed by atoms with Crippen LogP contribution in [0.5, 0.6) is 5.75 Å². The van der Waals surface area contributed by atoms with Crippen molar-refractivity contribution in [2.75, 3.05) is 26.2 Å². The number of amides is 1. The topological polar surface area (TPSA) is 41.6 Å². The van der Waals surface area contributed by atoms with Crippen LogP contribution in [0.1, 0.15) is 38.7 Å². The third-order valence-electron chi connectivity index (χ3n) is 4.15. The zero-order valence-corrected chi connectivity index (χ0v) is 13.3. The Balaban J connectivity index is 1.92. The van der Waals surface area contributed by atoms with Crippen molar-refractivity contribution in [3.05, 3.63) is 29.8 Å². The molecular formula is C17H26N2O2. The van der Waals surface area contributed by atoms with E-state index in [0.29, 0.717) is 5.92 Å². The quantitative estimate of drug-likeness (QED) is 0.905. The molecule has 0 radical (unpaired) electrons. The summed E-state index contributed by atoms with van der Waals surface area (Å²) in [6.07, 6.45) is 0.690. The smallest absolute Gasteiger partial charge is 0.263 e. The molecule has 1 aromatic carbocycles. The number of hydrogen-bond donors (Lipinski definition) is 1. The second-order valence-corrected chi connectivity index (χ2v) is 5.71. The molecule has 0 spiro atoms. The van der Waals surface area contributed by atoms with Crippen molar-refractivity contribution in [1.82, 2.24) is 10.2 Å². The highest BCUT2D eigenvalue weighted by Crippen LogP contribution is 2.22. The molecule has 1 fully saturated rings. The molecular weight excluding hydrogens is 264 g/mol. The van der Waals surface area contributed by atoms with Gasteiger partial charge < -0.3 is 15.0 Å². The maximum Gasteiger partial charge on any atom is 0.263 e. The third-order valence-corrected chi connectivity index (χ3v) is 4.15. The normalized spacial score (nSPS) is 18.1. The highest BCUT2D eigenvalue weighted by molar-refractivity contribution is 5.81. The van der Waals surface area contributed by atoms with Gasteiger partial charge in [-0.05, 0) is 37.0 Å². The molecule has 1 aliphatic heterocycles. The summed E-state index contributed by atoms with van der Waals surface area (Å²) in [5.74, 6) is 1.39. The van der Waals surface area contributed by atoms with Gasteiger partial charge in [-0.25, -0.2) is 0 Å². The van der Waals surface area contributed by atoms with Crippen LogP contribution in [0.25, 0.3) is 0 Å². The molecule has 1 amide bonds. The van der Waals surface area contributed by atoms with Crippen LogP contribution in [0.4, 0.5) is 0 Å². The number of benzene rings is 1. The predicted octanol–water partition coefficient (Wildman–Crippen LogP) is 2.40. The minimum absolute atomic E-state index is 0.0718. The summed E-state index contributed by atoms with van der Waals surface area (Å²) in [4.78, 5) is 14.2. The van der Waals surface area contributed by atoms with Crippen LogP contribution in [0.15, 0.2) is 24.3 Å². The van der Waals surface area contributed by atoms with Crippen molar-refractivity contribution in [3.8, 4) is 5.75 Å². The number of nitrogens with one attached hydrogen (secondary N) is 1. The molecule has 2 rings (SSSR count). The fraction of sp³-hybridized carbons (Fsp3) is 0.588. The Morgan fingerprint density at radius 3 is 2.43 bits per heavy atom. The highest BCUT2D eigenvalue weighted by atomic mass is 16.5. The summed E-state index contributed by atoms with van der Waals surface area (Å²) < 4.78 is 5.79. The van der Waals surface area contributed by atoms with E-state index in [9.17, 15) is 4.79 Å². The van der Waals surface area contributed by atoms with E-state index >= 15 is 0 Å². The maximum atomic E-state index is 12.3. The van der Waals surface area contributed by atoms with Crippen molar-refractivity contribution in [2.45, 2.75) is 39.2 Å². The summed E-state index contributed by atoms with van der Waals surface area (Å²) in [5, 5.41) is 3.25. The van der Waals surface area contributed by atoms with Crippen molar-refractivity contribution in [2.24, 2.45) is 0 Å². The van der Waals surface area contributed by atoms with Gasteiger partial charge in [0, 0.05) is 26.2 Å². The molecule has 1 heterocycles. The fourth-order valence-corrected chi connectivity index (χ4v) is 2.51. The maximum absolute atomic E-state index is 12.3. The molecule has 4 nitrogen and oxygen atoms in total. The van der Waals surface area contributed by atoms with Gasteiger partial charge in [0.15, 0.2) is 6.10 Å². The summed E-state index contributed by atoms with van der Waals surface area (Å²) in [5.41, 5.74) is 1.31. The number of rotatable bonds is 5. The Bertz CT molecular complexity index is 452. The van der Waals surface area contributed by atoms with Gasteiger partial charge in [-0.2, -0.15) is 0 Å². The van der Waals surface area contributed by atoms with E-state index in [1.807, 2.05) is 24.0 Å². The fourth-order valence-electron chi connectivity index (χ4n) is 2.51. The Kier molecular flexibility index (Phi) is 5.62. The second-order valence-electron chi connectivity index (χ2n) is 5.71. The van der Waals surface area contributed by atoms with Crippen molar-refractivity contribution in [1.29, 1.82) is 0 Å². The van der Waals surface area contributed by atoms with Crippen LogP contribution in [-0.4, -0.2) is 43.1 Å². The van der Waals surface area contributed by atoms with Crippen molar-refractivity contribution >= 4 is 5.91 Å². The van der Waals surface area contributed by atoms with Crippen LogP contribution in [0, 0.1) is 0 Å². The lowest BCUT2D eigenvalue weighted by molar-refractivity contribution is -0.138. The summed E-state index contributed by atoms with van der Waals surface area (Å²) in [7, 11) is 0. The largest absolute Gasteiger partial charge is 0.481 e. The van der Waals surface area contributed by atoms with E-state index in [-0.39, 0.29) is 5.91 Å². The molecule has 2 atom stereocenters. The zero-order chi connectivity index (χ0) is 15.2. The lowest BCUT2D eigenvalue weighted by atomic mass is 9.99. The Hall–Kier alpha value is -1.55. The Morgan fingerprint density at radius 1 is 1.24 bits per heavy atom. The van der Waals surface area contributed by atoms with Gasteiger partial charge in [0.05, 0.1) is 0 Å². The van der Waals surface area contributed by atoms with Crippen molar-refractivity contribution < 1.29 is 9.53 Å². The number of ether oxygens (including phenoxy) is 1. The molecule has 0 aliphatic carbocycles. The van der Waals surface area contributed by atoms with Crippen LogP contribution < -0.4 is 10.1 Å². The molecule has 0 saturated carbocycles.